The van der Waals surface area contributed by atoms with E-state index in [2.05, 4.69) is 6.58 Å². The monoisotopic (exact) mass is 209 g/mol. The van der Waals surface area contributed by atoms with E-state index >= 15 is 0 Å². The predicted molar refractivity (Wildman–Crippen MR) is 54.8 cm³/mol. The Balaban J connectivity index is 2.71. The first-order valence-electron chi connectivity index (χ1n) is 4.32. The lowest BCUT2D eigenvalue weighted by atomic mass is 10.3. The van der Waals surface area contributed by atoms with Crippen LogP contribution in [0.4, 0.5) is 5.69 Å². The van der Waals surface area contributed by atoms with Gasteiger partial charge in [-0.05, 0) is 18.2 Å². The Kier molecular flexibility index (Phi) is 3.82. The Bertz CT molecular complexity index is 347. The molecule has 1 aromatic rings. The van der Waals surface area contributed by atoms with E-state index in [4.69, 9.17) is 9.84 Å². The molecule has 0 heterocycles. The van der Waals surface area contributed by atoms with Crippen LogP contribution in [0.1, 0.15) is 0 Å². The summed E-state index contributed by atoms with van der Waals surface area (Å²) < 4.78 is 5.26. The van der Waals surface area contributed by atoms with Crippen molar-refractivity contribution >= 4 is 5.69 Å². The second-order valence-electron chi connectivity index (χ2n) is 2.83. The number of rotatable bonds is 5. The van der Waals surface area contributed by atoms with Crippen LogP contribution in [0.2, 0.25) is 0 Å². The Morgan fingerprint density at radius 1 is 1.53 bits per heavy atom. The molecule has 0 amide bonds. The van der Waals surface area contributed by atoms with Gasteiger partial charge in [-0.25, -0.2) is 0 Å². The summed E-state index contributed by atoms with van der Waals surface area (Å²) in [5.74, 6) is 0.458. The molecule has 0 radical (unpaired) electrons. The van der Waals surface area contributed by atoms with Gasteiger partial charge in [0, 0.05) is 12.1 Å². The summed E-state index contributed by atoms with van der Waals surface area (Å²) in [5.41, 5.74) is 0.00139. The molecule has 0 aromatic heterocycles. The summed E-state index contributed by atoms with van der Waals surface area (Å²) >= 11 is 0. The number of hydrogen-bond acceptors (Lipinski definition) is 4. The molecule has 80 valence electrons. The smallest absolute Gasteiger partial charge is 0.269 e. The molecule has 1 N–H and O–H groups in total. The predicted octanol–water partition coefficient (Wildman–Crippen LogP) is 1.52. The van der Waals surface area contributed by atoms with Gasteiger partial charge in [0.25, 0.3) is 5.69 Å². The van der Waals surface area contributed by atoms with Crippen LogP contribution < -0.4 is 4.74 Å². The maximum absolute atomic E-state index is 10.4. The second kappa shape index (κ2) is 5.11. The zero-order valence-electron chi connectivity index (χ0n) is 8.00. The first kappa shape index (κ1) is 11.2. The van der Waals surface area contributed by atoms with Crippen molar-refractivity contribution in [2.45, 2.75) is 6.10 Å². The number of non-ortho nitro benzene ring substituents is 1. The van der Waals surface area contributed by atoms with Crippen LogP contribution in [0, 0.1) is 10.1 Å². The molecular formula is C10H11NO4. The minimum atomic E-state index is -0.494. The van der Waals surface area contributed by atoms with Crippen molar-refractivity contribution in [3.8, 4) is 5.75 Å². The largest absolute Gasteiger partial charge is 0.484 e. The lowest BCUT2D eigenvalue weighted by molar-refractivity contribution is -0.384. The van der Waals surface area contributed by atoms with Crippen molar-refractivity contribution in [1.82, 2.24) is 0 Å². The minimum Gasteiger partial charge on any atom is -0.484 e. The number of nitro groups is 1. The Labute approximate surface area is 86.8 Å². The molecule has 15 heavy (non-hydrogen) atoms. The number of nitrogens with zero attached hydrogens (tertiary/aromatic N) is 1. The van der Waals surface area contributed by atoms with Gasteiger partial charge < -0.3 is 9.84 Å². The summed E-state index contributed by atoms with van der Waals surface area (Å²) in [7, 11) is 0. The van der Waals surface area contributed by atoms with Gasteiger partial charge in [-0.2, -0.15) is 0 Å². The molecule has 0 fully saturated rings. The Hall–Kier alpha value is -1.88. The summed E-state index contributed by atoms with van der Waals surface area (Å²) in [6.07, 6.45) is 0.966. The van der Waals surface area contributed by atoms with Gasteiger partial charge in [0.2, 0.25) is 0 Å². The van der Waals surface area contributed by atoms with E-state index in [9.17, 15) is 10.1 Å². The zero-order valence-corrected chi connectivity index (χ0v) is 8.00. The maximum Gasteiger partial charge on any atom is 0.269 e. The number of hydrogen-bond donors (Lipinski definition) is 1. The van der Waals surface area contributed by atoms with E-state index in [1.54, 1.807) is 0 Å². The normalized spacial score (nSPS) is 11.8. The van der Waals surface area contributed by atoms with Crippen LogP contribution in [0.3, 0.4) is 0 Å². The molecule has 0 aliphatic heterocycles. The van der Waals surface area contributed by atoms with Gasteiger partial charge in [0.15, 0.2) is 0 Å². The van der Waals surface area contributed by atoms with Crippen LogP contribution in [0.15, 0.2) is 36.9 Å². The van der Waals surface area contributed by atoms with Crippen molar-refractivity contribution in [3.63, 3.8) is 0 Å². The van der Waals surface area contributed by atoms with Crippen molar-refractivity contribution < 1.29 is 14.8 Å². The molecule has 1 aromatic carbocycles. The minimum absolute atomic E-state index is 0.00139. The lowest BCUT2D eigenvalue weighted by Crippen LogP contribution is -2.17. The maximum atomic E-state index is 10.4. The van der Waals surface area contributed by atoms with Crippen molar-refractivity contribution in [2.75, 3.05) is 6.61 Å². The van der Waals surface area contributed by atoms with Crippen LogP contribution in [0.25, 0.3) is 0 Å². The standard InChI is InChI=1S/C10H11NO4/c1-2-9(7-12)15-10-5-3-8(4-6-10)11(13)14/h2-6,9,12H,1,7H2. The van der Waals surface area contributed by atoms with E-state index in [0.717, 1.165) is 0 Å². The molecule has 0 bridgehead atoms. The first-order valence-corrected chi connectivity index (χ1v) is 4.32. The van der Waals surface area contributed by atoms with Gasteiger partial charge in [0.05, 0.1) is 11.5 Å². The fraction of sp³-hybridized carbons (Fsp3) is 0.200. The van der Waals surface area contributed by atoms with Crippen LogP contribution >= 0.6 is 0 Å². The third-order valence-electron chi connectivity index (χ3n) is 1.78. The molecule has 5 heteroatoms. The average molecular weight is 209 g/mol. The summed E-state index contributed by atoms with van der Waals surface area (Å²) in [6.45, 7) is 3.30. The number of aliphatic hydroxyl groups is 1. The molecule has 0 aliphatic rings. The van der Waals surface area contributed by atoms with Gasteiger partial charge >= 0.3 is 0 Å². The molecule has 1 unspecified atom stereocenters. The molecule has 0 saturated heterocycles. The Morgan fingerprint density at radius 2 is 2.13 bits per heavy atom. The highest BCUT2D eigenvalue weighted by molar-refractivity contribution is 5.36. The van der Waals surface area contributed by atoms with Gasteiger partial charge in [-0.1, -0.05) is 6.58 Å². The van der Waals surface area contributed by atoms with Gasteiger partial charge in [-0.3, -0.25) is 10.1 Å². The molecule has 1 rings (SSSR count). The van der Waals surface area contributed by atoms with Crippen LogP contribution in [-0.2, 0) is 0 Å². The fourth-order valence-electron chi connectivity index (χ4n) is 0.981. The first-order chi connectivity index (χ1) is 7.17. The highest BCUT2D eigenvalue weighted by Gasteiger charge is 2.07. The molecule has 5 nitrogen and oxygen atoms in total. The average Bonchev–Trinajstić information content (AvgIpc) is 2.26. The summed E-state index contributed by atoms with van der Waals surface area (Å²) in [5, 5.41) is 19.2. The number of ether oxygens (including phenoxy) is 1. The number of aliphatic hydroxyl groups excluding tert-OH is 1. The fourth-order valence-corrected chi connectivity index (χ4v) is 0.981. The van der Waals surface area contributed by atoms with Gasteiger partial charge in [0.1, 0.15) is 11.9 Å². The van der Waals surface area contributed by atoms with E-state index in [-0.39, 0.29) is 12.3 Å². The molecule has 0 spiro atoms. The summed E-state index contributed by atoms with van der Waals surface area (Å²) in [4.78, 5) is 9.87. The number of nitro benzene ring substituents is 1. The SMILES string of the molecule is C=CC(CO)Oc1ccc([N+](=O)[O-])cc1. The third-order valence-corrected chi connectivity index (χ3v) is 1.78. The highest BCUT2D eigenvalue weighted by Crippen LogP contribution is 2.18. The van der Waals surface area contributed by atoms with E-state index in [1.807, 2.05) is 0 Å². The van der Waals surface area contributed by atoms with E-state index in [1.165, 1.54) is 30.3 Å². The van der Waals surface area contributed by atoms with E-state index < -0.39 is 11.0 Å². The second-order valence-corrected chi connectivity index (χ2v) is 2.83. The molecule has 0 saturated carbocycles. The van der Waals surface area contributed by atoms with Crippen molar-refractivity contribution in [1.29, 1.82) is 0 Å². The molecule has 0 aliphatic carbocycles. The molecular weight excluding hydrogens is 198 g/mol. The third kappa shape index (κ3) is 3.07. The van der Waals surface area contributed by atoms with Crippen molar-refractivity contribution in [3.05, 3.63) is 47.0 Å². The topological polar surface area (TPSA) is 72.6 Å². The highest BCUT2D eigenvalue weighted by atomic mass is 16.6. The van der Waals surface area contributed by atoms with Crippen LogP contribution in [-0.4, -0.2) is 22.7 Å². The number of benzene rings is 1. The lowest BCUT2D eigenvalue weighted by Gasteiger charge is -2.11. The van der Waals surface area contributed by atoms with Crippen molar-refractivity contribution in [2.24, 2.45) is 0 Å². The van der Waals surface area contributed by atoms with Gasteiger partial charge in [-0.15, -0.1) is 0 Å². The Morgan fingerprint density at radius 3 is 2.53 bits per heavy atom. The summed E-state index contributed by atoms with van der Waals surface area (Å²) in [6, 6.07) is 5.63. The van der Waals surface area contributed by atoms with E-state index in [0.29, 0.717) is 5.75 Å². The quantitative estimate of drug-likeness (QED) is 0.453. The zero-order chi connectivity index (χ0) is 11.3. The van der Waals surface area contributed by atoms with Crippen LogP contribution in [0.5, 0.6) is 5.75 Å². The molecule has 1 atom stereocenters.